The lowest BCUT2D eigenvalue weighted by Crippen LogP contribution is -2.33. The number of hydrogen-bond acceptors (Lipinski definition) is 4. The maximum atomic E-state index is 13.5. The smallest absolute Gasteiger partial charge is 0.244 e. The molecule has 0 aliphatic heterocycles. The summed E-state index contributed by atoms with van der Waals surface area (Å²) < 4.78 is 33.8. The van der Waals surface area contributed by atoms with Gasteiger partial charge in [-0.25, -0.2) is 8.42 Å². The minimum absolute atomic E-state index is 0.230. The van der Waals surface area contributed by atoms with Gasteiger partial charge in [0.25, 0.3) is 0 Å². The van der Waals surface area contributed by atoms with Gasteiger partial charge in [-0.15, -0.1) is 11.3 Å². The maximum absolute atomic E-state index is 13.5. The molecule has 0 aliphatic rings. The van der Waals surface area contributed by atoms with E-state index < -0.39 is 10.0 Å². The van der Waals surface area contributed by atoms with Crippen molar-refractivity contribution in [1.29, 1.82) is 0 Å². The van der Waals surface area contributed by atoms with Crippen molar-refractivity contribution in [2.24, 2.45) is 0 Å². The summed E-state index contributed by atoms with van der Waals surface area (Å²) in [6.45, 7) is 6.34. The second kappa shape index (κ2) is 7.78. The molecule has 4 nitrogen and oxygen atoms in total. The normalized spacial score (nSPS) is 12.0. The molecule has 0 saturated carbocycles. The van der Waals surface area contributed by atoms with Gasteiger partial charge in [-0.1, -0.05) is 23.8 Å². The van der Waals surface area contributed by atoms with Crippen LogP contribution in [-0.4, -0.2) is 19.3 Å². The largest absolute Gasteiger partial charge is 0.468 e. The minimum atomic E-state index is -3.63. The zero-order valence-electron chi connectivity index (χ0n) is 15.2. The Bertz CT molecular complexity index is 936. The fourth-order valence-electron chi connectivity index (χ4n) is 3.25. The molecule has 138 valence electrons. The van der Waals surface area contributed by atoms with Crippen LogP contribution in [-0.2, 0) is 23.0 Å². The zero-order chi connectivity index (χ0) is 18.7. The molecule has 3 aromatic rings. The van der Waals surface area contributed by atoms with Gasteiger partial charge in [-0.3, -0.25) is 0 Å². The third-order valence-corrected chi connectivity index (χ3v) is 7.39. The number of sulfonamides is 1. The molecular weight excluding hydrogens is 366 g/mol. The van der Waals surface area contributed by atoms with E-state index in [-0.39, 0.29) is 6.54 Å². The van der Waals surface area contributed by atoms with E-state index in [2.05, 4.69) is 0 Å². The van der Waals surface area contributed by atoms with E-state index in [0.717, 1.165) is 16.7 Å². The summed E-state index contributed by atoms with van der Waals surface area (Å²) in [6, 6.07) is 11.4. The first-order chi connectivity index (χ1) is 12.4. The highest BCUT2D eigenvalue weighted by Crippen LogP contribution is 2.27. The molecule has 2 heterocycles. The van der Waals surface area contributed by atoms with Crippen LogP contribution in [0.2, 0.25) is 0 Å². The summed E-state index contributed by atoms with van der Waals surface area (Å²) in [7, 11) is -3.63. The number of aryl methyl sites for hydroxylation is 3. The highest BCUT2D eigenvalue weighted by Gasteiger charge is 2.28. The van der Waals surface area contributed by atoms with Crippen LogP contribution in [0.1, 0.15) is 27.3 Å². The summed E-state index contributed by atoms with van der Waals surface area (Å²) in [5.41, 5.74) is 2.63. The highest BCUT2D eigenvalue weighted by atomic mass is 32.2. The van der Waals surface area contributed by atoms with Crippen molar-refractivity contribution in [2.75, 3.05) is 6.54 Å². The summed E-state index contributed by atoms with van der Waals surface area (Å²) in [6.07, 6.45) is 2.25. The first-order valence-electron chi connectivity index (χ1n) is 8.50. The average Bonchev–Trinajstić information content (AvgIpc) is 3.23. The van der Waals surface area contributed by atoms with Crippen LogP contribution in [0.15, 0.2) is 57.4 Å². The molecule has 3 rings (SSSR count). The van der Waals surface area contributed by atoms with E-state index in [1.54, 1.807) is 23.7 Å². The number of hydrogen-bond donors (Lipinski definition) is 0. The summed E-state index contributed by atoms with van der Waals surface area (Å²) in [5, 5.41) is 2.01. The van der Waals surface area contributed by atoms with Crippen molar-refractivity contribution in [3.8, 4) is 0 Å². The summed E-state index contributed by atoms with van der Waals surface area (Å²) >= 11 is 1.64. The van der Waals surface area contributed by atoms with Gasteiger partial charge < -0.3 is 4.42 Å². The molecule has 6 heteroatoms. The maximum Gasteiger partial charge on any atom is 0.244 e. The summed E-state index contributed by atoms with van der Waals surface area (Å²) in [5.74, 6) is 0.641. The predicted molar refractivity (Wildman–Crippen MR) is 105 cm³/mol. The number of furan rings is 1. The van der Waals surface area contributed by atoms with Crippen LogP contribution in [0.25, 0.3) is 0 Å². The molecule has 0 saturated heterocycles. The Morgan fingerprint density at radius 3 is 2.38 bits per heavy atom. The predicted octanol–water partition coefficient (Wildman–Crippen LogP) is 4.70. The van der Waals surface area contributed by atoms with Gasteiger partial charge in [-0.05, 0) is 61.9 Å². The fraction of sp³-hybridized carbons (Fsp3) is 0.300. The molecule has 2 aromatic heterocycles. The minimum Gasteiger partial charge on any atom is -0.468 e. The first kappa shape index (κ1) is 18.9. The van der Waals surface area contributed by atoms with E-state index in [1.165, 1.54) is 9.18 Å². The van der Waals surface area contributed by atoms with E-state index >= 15 is 0 Å². The Balaban J connectivity index is 1.96. The van der Waals surface area contributed by atoms with Crippen molar-refractivity contribution in [2.45, 2.75) is 38.6 Å². The second-order valence-corrected chi connectivity index (χ2v) is 9.38. The third-order valence-electron chi connectivity index (χ3n) is 4.30. The number of benzene rings is 1. The van der Waals surface area contributed by atoms with Crippen molar-refractivity contribution in [3.63, 3.8) is 0 Å². The highest BCUT2D eigenvalue weighted by molar-refractivity contribution is 7.89. The van der Waals surface area contributed by atoms with Crippen LogP contribution in [0, 0.1) is 20.8 Å². The molecule has 0 spiro atoms. The quantitative estimate of drug-likeness (QED) is 0.588. The van der Waals surface area contributed by atoms with Crippen LogP contribution < -0.4 is 0 Å². The molecular formula is C20H23NO3S2. The monoisotopic (exact) mass is 389 g/mol. The van der Waals surface area contributed by atoms with Crippen molar-refractivity contribution < 1.29 is 12.8 Å². The molecule has 26 heavy (non-hydrogen) atoms. The number of nitrogens with zero attached hydrogens (tertiary/aromatic N) is 1. The van der Waals surface area contributed by atoms with Gasteiger partial charge in [0.15, 0.2) is 0 Å². The standard InChI is InChI=1S/C20H23NO3S2/c1-15-12-16(2)20(17(3)13-15)26(22,23)21(14-18-6-4-10-24-18)9-8-19-7-5-11-25-19/h4-7,10-13H,8-9,14H2,1-3H3. The Hall–Kier alpha value is -1.89. The van der Waals surface area contributed by atoms with Crippen LogP contribution in [0.3, 0.4) is 0 Å². The molecule has 0 bridgehead atoms. The van der Waals surface area contributed by atoms with Gasteiger partial charge >= 0.3 is 0 Å². The molecule has 0 fully saturated rings. The Morgan fingerprint density at radius 2 is 1.81 bits per heavy atom. The number of thiophene rings is 1. The molecule has 1 aromatic carbocycles. The third kappa shape index (κ3) is 4.09. The van der Waals surface area contributed by atoms with Crippen LogP contribution in [0.4, 0.5) is 0 Å². The van der Waals surface area contributed by atoms with Gasteiger partial charge in [-0.2, -0.15) is 4.31 Å². The first-order valence-corrected chi connectivity index (χ1v) is 10.8. The van der Waals surface area contributed by atoms with Crippen LogP contribution >= 0.6 is 11.3 Å². The number of rotatable bonds is 7. The van der Waals surface area contributed by atoms with Crippen molar-refractivity contribution in [3.05, 3.63) is 75.4 Å². The molecule has 0 atom stereocenters. The SMILES string of the molecule is Cc1cc(C)c(S(=O)(=O)N(CCc2cccs2)Cc2ccco2)c(C)c1. The Morgan fingerprint density at radius 1 is 1.08 bits per heavy atom. The van der Waals surface area contributed by atoms with Crippen molar-refractivity contribution >= 4 is 21.4 Å². The van der Waals surface area contributed by atoms with Crippen molar-refractivity contribution in [1.82, 2.24) is 4.31 Å². The van der Waals surface area contributed by atoms with E-state index in [9.17, 15) is 8.42 Å². The zero-order valence-corrected chi connectivity index (χ0v) is 16.9. The van der Waals surface area contributed by atoms with Gasteiger partial charge in [0, 0.05) is 11.4 Å². The second-order valence-electron chi connectivity index (χ2n) is 6.48. The molecule has 0 N–H and O–H groups in total. The molecule has 0 amide bonds. The lowest BCUT2D eigenvalue weighted by Gasteiger charge is -2.23. The fourth-order valence-corrected chi connectivity index (χ4v) is 5.77. The Kier molecular flexibility index (Phi) is 5.65. The van der Waals surface area contributed by atoms with Crippen LogP contribution in [0.5, 0.6) is 0 Å². The Labute approximate surface area is 159 Å². The molecule has 0 radical (unpaired) electrons. The topological polar surface area (TPSA) is 50.5 Å². The van der Waals surface area contributed by atoms with Gasteiger partial charge in [0.2, 0.25) is 10.0 Å². The van der Waals surface area contributed by atoms with Gasteiger partial charge in [0.1, 0.15) is 5.76 Å². The lowest BCUT2D eigenvalue weighted by molar-refractivity contribution is 0.366. The average molecular weight is 390 g/mol. The summed E-state index contributed by atoms with van der Waals surface area (Å²) in [4.78, 5) is 1.57. The van der Waals surface area contributed by atoms with E-state index in [4.69, 9.17) is 4.42 Å². The lowest BCUT2D eigenvalue weighted by atomic mass is 10.1. The van der Waals surface area contributed by atoms with Gasteiger partial charge in [0.05, 0.1) is 17.7 Å². The molecule has 0 unspecified atom stereocenters. The van der Waals surface area contributed by atoms with E-state index in [1.807, 2.05) is 56.5 Å². The molecule has 0 aliphatic carbocycles. The van der Waals surface area contributed by atoms with E-state index in [0.29, 0.717) is 23.6 Å².